The Balaban J connectivity index is 1.38. The third-order valence-electron chi connectivity index (χ3n) is 5.68. The van der Waals surface area contributed by atoms with Gasteiger partial charge in [0.25, 0.3) is 5.91 Å². The normalized spacial score (nSPS) is 20.2. The summed E-state index contributed by atoms with van der Waals surface area (Å²) in [7, 11) is 1.61. The van der Waals surface area contributed by atoms with Crippen LogP contribution in [0.4, 0.5) is 4.79 Å². The number of nitrogens with one attached hydrogen (secondary N) is 1. The van der Waals surface area contributed by atoms with Gasteiger partial charge >= 0.3 is 6.03 Å². The zero-order chi connectivity index (χ0) is 20.0. The number of rotatable bonds is 4. The van der Waals surface area contributed by atoms with Crippen molar-refractivity contribution in [1.82, 2.24) is 15.4 Å². The predicted molar refractivity (Wildman–Crippen MR) is 104 cm³/mol. The minimum atomic E-state index is -0.966. The van der Waals surface area contributed by atoms with Gasteiger partial charge in [-0.15, -0.1) is 0 Å². The van der Waals surface area contributed by atoms with Gasteiger partial charge in [0.15, 0.2) is 5.76 Å². The second-order valence-electron chi connectivity index (χ2n) is 7.29. The smallest absolute Gasteiger partial charge is 0.325 e. The van der Waals surface area contributed by atoms with E-state index in [0.29, 0.717) is 17.9 Å². The molecule has 2 heterocycles. The van der Waals surface area contributed by atoms with E-state index in [1.807, 2.05) is 48.5 Å². The van der Waals surface area contributed by atoms with Crippen LogP contribution in [0.2, 0.25) is 0 Å². The molecule has 29 heavy (non-hydrogen) atoms. The highest BCUT2D eigenvalue weighted by molar-refractivity contribution is 6.08. The molecule has 1 atom stereocenters. The third kappa shape index (κ3) is 2.69. The van der Waals surface area contributed by atoms with Crippen molar-refractivity contribution in [2.24, 2.45) is 0 Å². The summed E-state index contributed by atoms with van der Waals surface area (Å²) in [4.78, 5) is 27.1. The number of hydrogen-bond donors (Lipinski definition) is 1. The molecule has 1 aliphatic carbocycles. The van der Waals surface area contributed by atoms with Gasteiger partial charge in [0, 0.05) is 11.6 Å². The van der Waals surface area contributed by atoms with E-state index in [0.717, 1.165) is 28.9 Å². The van der Waals surface area contributed by atoms with Crippen LogP contribution in [-0.2, 0) is 23.3 Å². The van der Waals surface area contributed by atoms with E-state index in [1.54, 1.807) is 13.2 Å². The van der Waals surface area contributed by atoms with Crippen molar-refractivity contribution >= 4 is 11.9 Å². The fourth-order valence-electron chi connectivity index (χ4n) is 4.17. The van der Waals surface area contributed by atoms with Gasteiger partial charge in [-0.1, -0.05) is 29.4 Å². The van der Waals surface area contributed by atoms with Gasteiger partial charge in [0.2, 0.25) is 0 Å². The van der Waals surface area contributed by atoms with E-state index in [9.17, 15) is 9.59 Å². The monoisotopic (exact) mass is 389 g/mol. The van der Waals surface area contributed by atoms with Crippen LogP contribution in [0.25, 0.3) is 11.3 Å². The van der Waals surface area contributed by atoms with E-state index in [4.69, 9.17) is 9.26 Å². The quantitative estimate of drug-likeness (QED) is 0.693. The third-order valence-corrected chi connectivity index (χ3v) is 5.68. The molecule has 1 aromatic heterocycles. The Morgan fingerprint density at radius 1 is 1.17 bits per heavy atom. The molecule has 1 N–H and O–H groups in total. The van der Waals surface area contributed by atoms with E-state index in [1.165, 1.54) is 4.90 Å². The van der Waals surface area contributed by atoms with Gasteiger partial charge in [0.1, 0.15) is 17.0 Å². The lowest BCUT2D eigenvalue weighted by Crippen LogP contribution is -2.41. The Morgan fingerprint density at radius 2 is 1.97 bits per heavy atom. The number of amides is 3. The molecule has 3 aromatic rings. The van der Waals surface area contributed by atoms with Gasteiger partial charge in [-0.2, -0.15) is 0 Å². The number of ether oxygens (including phenoxy) is 1. The molecule has 1 unspecified atom stereocenters. The van der Waals surface area contributed by atoms with Crippen LogP contribution >= 0.6 is 0 Å². The van der Waals surface area contributed by atoms with Crippen LogP contribution in [0.3, 0.4) is 0 Å². The molecule has 1 fully saturated rings. The molecule has 1 saturated heterocycles. The molecule has 7 heteroatoms. The minimum Gasteiger partial charge on any atom is -0.497 e. The fraction of sp³-hybridized carbons (Fsp3) is 0.227. The van der Waals surface area contributed by atoms with Crippen molar-refractivity contribution in [1.29, 1.82) is 0 Å². The maximum absolute atomic E-state index is 13.2. The first-order valence-corrected chi connectivity index (χ1v) is 9.43. The molecule has 5 rings (SSSR count). The van der Waals surface area contributed by atoms with Gasteiger partial charge in [-0.25, -0.2) is 4.79 Å². The van der Waals surface area contributed by atoms with Gasteiger partial charge in [-0.3, -0.25) is 9.69 Å². The molecule has 146 valence electrons. The van der Waals surface area contributed by atoms with Gasteiger partial charge in [-0.05, 0) is 48.2 Å². The Morgan fingerprint density at radius 3 is 2.76 bits per heavy atom. The molecule has 0 saturated carbocycles. The fourth-order valence-corrected chi connectivity index (χ4v) is 4.17. The van der Waals surface area contributed by atoms with Crippen LogP contribution in [0, 0.1) is 0 Å². The molecule has 1 spiro atoms. The van der Waals surface area contributed by atoms with Crippen LogP contribution < -0.4 is 10.1 Å². The molecular formula is C22H19N3O4. The van der Waals surface area contributed by atoms with Crippen molar-refractivity contribution in [3.63, 3.8) is 0 Å². The summed E-state index contributed by atoms with van der Waals surface area (Å²) in [5.74, 6) is 0.955. The van der Waals surface area contributed by atoms with E-state index < -0.39 is 11.6 Å². The largest absolute Gasteiger partial charge is 0.497 e. The molecule has 7 nitrogen and oxygen atoms in total. The molecule has 0 bridgehead atoms. The molecule has 1 aliphatic heterocycles. The Labute approximate surface area is 167 Å². The summed E-state index contributed by atoms with van der Waals surface area (Å²) in [6, 6.07) is 16.5. The highest BCUT2D eigenvalue weighted by Crippen LogP contribution is 2.41. The number of aryl methyl sites for hydroxylation is 1. The van der Waals surface area contributed by atoms with Crippen molar-refractivity contribution in [3.8, 4) is 17.0 Å². The summed E-state index contributed by atoms with van der Waals surface area (Å²) >= 11 is 0. The number of hydrogen-bond acceptors (Lipinski definition) is 5. The summed E-state index contributed by atoms with van der Waals surface area (Å²) < 4.78 is 10.6. The zero-order valence-corrected chi connectivity index (χ0v) is 15.8. The highest BCUT2D eigenvalue weighted by Gasteiger charge is 2.55. The van der Waals surface area contributed by atoms with E-state index in [-0.39, 0.29) is 12.5 Å². The van der Waals surface area contributed by atoms with Gasteiger partial charge < -0.3 is 14.6 Å². The minimum absolute atomic E-state index is 0.0394. The second kappa shape index (κ2) is 6.48. The zero-order valence-electron chi connectivity index (χ0n) is 15.8. The summed E-state index contributed by atoms with van der Waals surface area (Å²) in [5, 5.41) is 6.99. The Kier molecular flexibility index (Phi) is 3.91. The molecular weight excluding hydrogens is 370 g/mol. The van der Waals surface area contributed by atoms with Crippen molar-refractivity contribution in [2.75, 3.05) is 7.11 Å². The highest BCUT2D eigenvalue weighted by atomic mass is 16.5. The first kappa shape index (κ1) is 17.5. The van der Waals surface area contributed by atoms with Crippen LogP contribution in [0.5, 0.6) is 5.75 Å². The number of imide groups is 1. The number of fused-ring (bicyclic) bond motifs is 2. The number of carbonyl (C=O) groups excluding carboxylic acids is 2. The van der Waals surface area contributed by atoms with E-state index in [2.05, 4.69) is 10.5 Å². The number of carbonyl (C=O) groups is 2. The lowest BCUT2D eigenvalue weighted by Gasteiger charge is -2.22. The maximum atomic E-state index is 13.2. The summed E-state index contributed by atoms with van der Waals surface area (Å²) in [6.07, 6.45) is 1.33. The summed E-state index contributed by atoms with van der Waals surface area (Å²) in [5.41, 5.74) is 2.52. The number of aromatic nitrogens is 1. The predicted octanol–water partition coefficient (Wildman–Crippen LogP) is 3.24. The SMILES string of the molecule is COc1ccc(-c2cc(CN3C(=O)NC4(CCc5ccccc54)C3=O)on2)cc1. The Bertz CT molecular complexity index is 1110. The topological polar surface area (TPSA) is 84.7 Å². The first-order valence-electron chi connectivity index (χ1n) is 9.43. The van der Waals surface area contributed by atoms with Crippen molar-refractivity contribution in [3.05, 3.63) is 71.5 Å². The number of benzene rings is 2. The van der Waals surface area contributed by atoms with Crippen molar-refractivity contribution < 1.29 is 18.8 Å². The summed E-state index contributed by atoms with van der Waals surface area (Å²) in [6.45, 7) is 0.0394. The van der Waals surface area contributed by atoms with E-state index >= 15 is 0 Å². The van der Waals surface area contributed by atoms with Crippen LogP contribution in [0.15, 0.2) is 59.1 Å². The molecule has 2 aliphatic rings. The molecule has 0 radical (unpaired) electrons. The van der Waals surface area contributed by atoms with Crippen LogP contribution in [-0.4, -0.2) is 29.1 Å². The standard InChI is InChI=1S/C22H19N3O4/c1-28-16-8-6-15(7-9-16)19-12-17(29-24-19)13-25-20(26)22(23-21(25)27)11-10-14-4-2-3-5-18(14)22/h2-9,12H,10-11,13H2,1H3,(H,23,27). The van der Waals surface area contributed by atoms with Crippen molar-refractivity contribution in [2.45, 2.75) is 24.9 Å². The van der Waals surface area contributed by atoms with Gasteiger partial charge in [0.05, 0.1) is 13.7 Å². The maximum Gasteiger partial charge on any atom is 0.325 e. The first-order chi connectivity index (χ1) is 14.1. The Hall–Kier alpha value is -3.61. The van der Waals surface area contributed by atoms with Crippen LogP contribution in [0.1, 0.15) is 23.3 Å². The number of urea groups is 1. The molecule has 3 amide bonds. The average Bonchev–Trinajstić information content (AvgIpc) is 3.43. The number of methoxy groups -OCH3 is 1. The number of nitrogens with zero attached hydrogens (tertiary/aromatic N) is 2. The lowest BCUT2D eigenvalue weighted by molar-refractivity contribution is -0.132. The average molecular weight is 389 g/mol. The molecule has 2 aromatic carbocycles. The second-order valence-corrected chi connectivity index (χ2v) is 7.29. The lowest BCUT2D eigenvalue weighted by atomic mass is 9.92.